The average Bonchev–Trinajstić information content (AvgIpc) is 3.28. The van der Waals surface area contributed by atoms with Crippen LogP contribution in [0.4, 0.5) is 0 Å². The van der Waals surface area contributed by atoms with E-state index in [1.807, 2.05) is 26.5 Å². The van der Waals surface area contributed by atoms with Crippen LogP contribution in [0.1, 0.15) is 44.1 Å². The first kappa shape index (κ1) is 17.9. The fourth-order valence-electron chi connectivity index (χ4n) is 3.37. The second-order valence-electron chi connectivity index (χ2n) is 7.49. The van der Waals surface area contributed by atoms with Gasteiger partial charge in [0.2, 0.25) is 11.8 Å². The van der Waals surface area contributed by atoms with Crippen molar-refractivity contribution in [1.29, 1.82) is 0 Å². The molecule has 7 heteroatoms. The van der Waals surface area contributed by atoms with E-state index in [2.05, 4.69) is 15.7 Å². The molecule has 2 amide bonds. The normalized spacial score (nSPS) is 25.2. The molecule has 138 valence electrons. The number of carbonyl (C=O) groups is 2. The van der Waals surface area contributed by atoms with Gasteiger partial charge in [-0.1, -0.05) is 6.42 Å². The Balaban J connectivity index is 1.55. The summed E-state index contributed by atoms with van der Waals surface area (Å²) < 4.78 is 1.79. The molecule has 1 aliphatic carbocycles. The third-order valence-corrected chi connectivity index (χ3v) is 5.09. The van der Waals surface area contributed by atoms with Gasteiger partial charge >= 0.3 is 0 Å². The van der Waals surface area contributed by atoms with Crippen molar-refractivity contribution in [3.05, 3.63) is 18.0 Å². The summed E-state index contributed by atoms with van der Waals surface area (Å²) in [6, 6.07) is 0.584. The number of rotatable bonds is 5. The number of nitrogens with zero attached hydrogens (tertiary/aromatic N) is 3. The Kier molecular flexibility index (Phi) is 5.73. The Bertz CT molecular complexity index is 610. The lowest BCUT2D eigenvalue weighted by Gasteiger charge is -2.24. The Morgan fingerprint density at radius 3 is 2.72 bits per heavy atom. The molecule has 0 radical (unpaired) electrons. The average molecular weight is 347 g/mol. The summed E-state index contributed by atoms with van der Waals surface area (Å²) in [6.07, 6.45) is 9.02. The number of carbonyl (C=O) groups excluding carboxylic acids is 2. The van der Waals surface area contributed by atoms with Gasteiger partial charge in [0.05, 0.1) is 6.20 Å². The van der Waals surface area contributed by atoms with Crippen LogP contribution in [0.15, 0.2) is 12.4 Å². The molecule has 3 rings (SSSR count). The minimum Gasteiger partial charge on any atom is -0.353 e. The molecule has 1 saturated heterocycles. The minimum absolute atomic E-state index is 0.0611. The van der Waals surface area contributed by atoms with Crippen molar-refractivity contribution in [3.63, 3.8) is 0 Å². The fraction of sp³-hybridized carbons (Fsp3) is 0.722. The first-order valence-electron chi connectivity index (χ1n) is 9.26. The topological polar surface area (TPSA) is 79.3 Å². The van der Waals surface area contributed by atoms with Crippen LogP contribution in [-0.4, -0.2) is 52.2 Å². The van der Waals surface area contributed by atoms with Gasteiger partial charge in [0.25, 0.3) is 0 Å². The molecule has 1 aromatic rings. The second-order valence-corrected chi connectivity index (χ2v) is 7.49. The predicted molar refractivity (Wildman–Crippen MR) is 94.6 cm³/mol. The van der Waals surface area contributed by atoms with E-state index < -0.39 is 0 Å². The maximum absolute atomic E-state index is 12.5. The third kappa shape index (κ3) is 5.29. The SMILES string of the molecule is CN1CC(NCc2cnn(C)c2)CCCC(C(=O)NC2CC2)CC1=O. The standard InChI is InChI=1S/C18H29N5O2/c1-22-12-16(19-9-13-10-20-23(2)11-13)5-3-4-14(8-17(22)24)18(25)21-15-6-7-15/h10-11,14-16,19H,3-9,12H2,1-2H3,(H,21,25). The van der Waals surface area contributed by atoms with Crippen molar-refractivity contribution >= 4 is 11.8 Å². The van der Waals surface area contributed by atoms with E-state index in [-0.39, 0.29) is 23.8 Å². The molecular weight excluding hydrogens is 318 g/mol. The lowest BCUT2D eigenvalue weighted by molar-refractivity contribution is -0.135. The number of aromatic nitrogens is 2. The molecule has 1 aliphatic heterocycles. The van der Waals surface area contributed by atoms with Gasteiger partial charge in [-0.05, 0) is 25.7 Å². The van der Waals surface area contributed by atoms with Crippen LogP contribution >= 0.6 is 0 Å². The summed E-state index contributed by atoms with van der Waals surface area (Å²) in [6.45, 7) is 1.42. The summed E-state index contributed by atoms with van der Waals surface area (Å²) in [4.78, 5) is 26.6. The Hall–Kier alpha value is -1.89. The van der Waals surface area contributed by atoms with Crippen LogP contribution < -0.4 is 10.6 Å². The zero-order valence-corrected chi connectivity index (χ0v) is 15.2. The molecule has 2 atom stereocenters. The molecule has 7 nitrogen and oxygen atoms in total. The first-order valence-corrected chi connectivity index (χ1v) is 9.26. The molecule has 2 unspecified atom stereocenters. The lowest BCUT2D eigenvalue weighted by Crippen LogP contribution is -2.42. The van der Waals surface area contributed by atoms with Crippen LogP contribution in [0.3, 0.4) is 0 Å². The number of nitrogens with one attached hydrogen (secondary N) is 2. The highest BCUT2D eigenvalue weighted by molar-refractivity contribution is 5.86. The molecule has 2 heterocycles. The highest BCUT2D eigenvalue weighted by atomic mass is 16.2. The van der Waals surface area contributed by atoms with Crippen molar-refractivity contribution in [1.82, 2.24) is 25.3 Å². The van der Waals surface area contributed by atoms with Crippen LogP contribution in [0.25, 0.3) is 0 Å². The summed E-state index contributed by atoms with van der Waals surface area (Å²) in [5.74, 6) is -0.0651. The van der Waals surface area contributed by atoms with Gasteiger partial charge in [-0.3, -0.25) is 14.3 Å². The van der Waals surface area contributed by atoms with Crippen molar-refractivity contribution in [2.45, 2.75) is 57.2 Å². The van der Waals surface area contributed by atoms with Crippen molar-refractivity contribution in [2.24, 2.45) is 13.0 Å². The minimum atomic E-state index is -0.187. The van der Waals surface area contributed by atoms with E-state index in [4.69, 9.17) is 0 Å². The van der Waals surface area contributed by atoms with Gasteiger partial charge in [-0.25, -0.2) is 0 Å². The number of hydrogen-bond donors (Lipinski definition) is 2. The largest absolute Gasteiger partial charge is 0.353 e. The zero-order valence-electron chi connectivity index (χ0n) is 15.2. The smallest absolute Gasteiger partial charge is 0.223 e. The number of aryl methyl sites for hydroxylation is 1. The van der Waals surface area contributed by atoms with E-state index in [9.17, 15) is 9.59 Å². The zero-order chi connectivity index (χ0) is 17.8. The molecule has 0 bridgehead atoms. The van der Waals surface area contributed by atoms with Crippen LogP contribution in [0, 0.1) is 5.92 Å². The van der Waals surface area contributed by atoms with Gasteiger partial charge in [0.1, 0.15) is 0 Å². The van der Waals surface area contributed by atoms with Crippen molar-refractivity contribution in [3.8, 4) is 0 Å². The molecule has 0 spiro atoms. The first-order chi connectivity index (χ1) is 12.0. The maximum Gasteiger partial charge on any atom is 0.223 e. The Labute approximate surface area is 149 Å². The van der Waals surface area contributed by atoms with Gasteiger partial charge in [0, 0.05) is 63.4 Å². The van der Waals surface area contributed by atoms with Gasteiger partial charge < -0.3 is 15.5 Å². The van der Waals surface area contributed by atoms with Crippen molar-refractivity contribution in [2.75, 3.05) is 13.6 Å². The second kappa shape index (κ2) is 7.99. The monoisotopic (exact) mass is 347 g/mol. The summed E-state index contributed by atoms with van der Waals surface area (Å²) in [5, 5.41) is 10.8. The predicted octanol–water partition coefficient (Wildman–Crippen LogP) is 0.806. The summed E-state index contributed by atoms with van der Waals surface area (Å²) in [7, 11) is 3.74. The number of amides is 2. The molecule has 2 N–H and O–H groups in total. The van der Waals surface area contributed by atoms with Gasteiger partial charge in [-0.2, -0.15) is 5.10 Å². The van der Waals surface area contributed by atoms with E-state index in [0.29, 0.717) is 19.0 Å². The summed E-state index contributed by atoms with van der Waals surface area (Å²) >= 11 is 0. The fourth-order valence-corrected chi connectivity index (χ4v) is 3.37. The maximum atomic E-state index is 12.5. The van der Waals surface area contributed by atoms with Gasteiger partial charge in [0.15, 0.2) is 0 Å². The molecular formula is C18H29N5O2. The van der Waals surface area contributed by atoms with Gasteiger partial charge in [-0.15, -0.1) is 0 Å². The van der Waals surface area contributed by atoms with E-state index >= 15 is 0 Å². The molecule has 2 fully saturated rings. The number of hydrogen-bond acceptors (Lipinski definition) is 4. The third-order valence-electron chi connectivity index (χ3n) is 5.09. The highest BCUT2D eigenvalue weighted by Gasteiger charge is 2.30. The quantitative estimate of drug-likeness (QED) is 0.826. The van der Waals surface area contributed by atoms with E-state index in [1.165, 1.54) is 0 Å². The van der Waals surface area contributed by atoms with E-state index in [0.717, 1.165) is 44.2 Å². The highest BCUT2D eigenvalue weighted by Crippen LogP contribution is 2.23. The Morgan fingerprint density at radius 1 is 1.24 bits per heavy atom. The number of likely N-dealkylation sites (N-methyl/N-ethyl adjacent to an activating group) is 1. The lowest BCUT2D eigenvalue weighted by atomic mass is 9.96. The molecule has 2 aliphatic rings. The van der Waals surface area contributed by atoms with Crippen molar-refractivity contribution < 1.29 is 9.59 Å². The van der Waals surface area contributed by atoms with Crippen LogP contribution in [-0.2, 0) is 23.2 Å². The molecule has 1 saturated carbocycles. The molecule has 0 aromatic carbocycles. The Morgan fingerprint density at radius 2 is 2.04 bits per heavy atom. The molecule has 25 heavy (non-hydrogen) atoms. The van der Waals surface area contributed by atoms with E-state index in [1.54, 1.807) is 9.58 Å². The van der Waals surface area contributed by atoms with Crippen LogP contribution in [0.2, 0.25) is 0 Å². The van der Waals surface area contributed by atoms with Crippen LogP contribution in [0.5, 0.6) is 0 Å². The summed E-state index contributed by atoms with van der Waals surface area (Å²) in [5.41, 5.74) is 1.14. The molecule has 1 aromatic heterocycles.